The van der Waals surface area contributed by atoms with Crippen LogP contribution in [0.2, 0.25) is 0 Å². The summed E-state index contributed by atoms with van der Waals surface area (Å²) in [5.41, 5.74) is 0.470. The number of nitriles is 1. The predicted octanol–water partition coefficient (Wildman–Crippen LogP) is 3.04. The molecule has 0 radical (unpaired) electrons. The second-order valence-electron chi connectivity index (χ2n) is 6.68. The van der Waals surface area contributed by atoms with Crippen LogP contribution in [0.25, 0.3) is 0 Å². The van der Waals surface area contributed by atoms with Crippen LogP contribution in [0.5, 0.6) is 0 Å². The SMILES string of the molecule is CC(C)(C)c1nnsc1C(=O)NC(C#N)C1CCCCC1. The quantitative estimate of drug-likeness (QED) is 0.931. The van der Waals surface area contributed by atoms with Crippen molar-refractivity contribution in [1.29, 1.82) is 5.26 Å². The Bertz CT molecular complexity index is 535. The molecule has 0 aromatic carbocycles. The first-order valence-electron chi connectivity index (χ1n) is 7.47. The van der Waals surface area contributed by atoms with Crippen LogP contribution in [0.1, 0.15) is 68.2 Å². The van der Waals surface area contributed by atoms with E-state index in [-0.39, 0.29) is 17.2 Å². The number of amides is 1. The van der Waals surface area contributed by atoms with Crippen LogP contribution in [-0.4, -0.2) is 21.5 Å². The van der Waals surface area contributed by atoms with E-state index in [4.69, 9.17) is 0 Å². The van der Waals surface area contributed by atoms with Crippen molar-refractivity contribution in [2.45, 2.75) is 64.3 Å². The number of carbonyl (C=O) groups excluding carboxylic acids is 1. The molecule has 21 heavy (non-hydrogen) atoms. The van der Waals surface area contributed by atoms with Crippen molar-refractivity contribution in [3.63, 3.8) is 0 Å². The van der Waals surface area contributed by atoms with Crippen LogP contribution in [0, 0.1) is 17.2 Å². The third-order valence-corrected chi connectivity index (χ3v) is 4.68. The van der Waals surface area contributed by atoms with E-state index in [1.165, 1.54) is 6.42 Å². The van der Waals surface area contributed by atoms with Crippen LogP contribution < -0.4 is 5.32 Å². The number of hydrogen-bond donors (Lipinski definition) is 1. The Morgan fingerprint density at radius 1 is 1.38 bits per heavy atom. The van der Waals surface area contributed by atoms with Crippen molar-refractivity contribution < 1.29 is 4.79 Å². The van der Waals surface area contributed by atoms with Crippen molar-refractivity contribution in [1.82, 2.24) is 14.9 Å². The van der Waals surface area contributed by atoms with Crippen molar-refractivity contribution in [2.75, 3.05) is 0 Å². The van der Waals surface area contributed by atoms with Crippen LogP contribution >= 0.6 is 11.5 Å². The maximum atomic E-state index is 12.5. The lowest BCUT2D eigenvalue weighted by Gasteiger charge is -2.26. The zero-order valence-corrected chi connectivity index (χ0v) is 13.7. The molecule has 1 aliphatic rings. The highest BCUT2D eigenvalue weighted by Gasteiger charge is 2.30. The molecule has 1 aliphatic carbocycles. The second kappa shape index (κ2) is 6.52. The van der Waals surface area contributed by atoms with Crippen molar-refractivity contribution in [3.8, 4) is 6.07 Å². The van der Waals surface area contributed by atoms with Gasteiger partial charge in [-0.25, -0.2) is 0 Å². The van der Waals surface area contributed by atoms with Gasteiger partial charge in [0.1, 0.15) is 10.9 Å². The molecular formula is C15H22N4OS. The number of hydrogen-bond acceptors (Lipinski definition) is 5. The first-order valence-corrected chi connectivity index (χ1v) is 8.24. The largest absolute Gasteiger partial charge is 0.335 e. The highest BCUT2D eigenvalue weighted by Crippen LogP contribution is 2.28. The first kappa shape index (κ1) is 15.9. The minimum Gasteiger partial charge on any atom is -0.335 e. The molecule has 114 valence electrons. The Labute approximate surface area is 129 Å². The second-order valence-corrected chi connectivity index (χ2v) is 7.43. The highest BCUT2D eigenvalue weighted by atomic mass is 32.1. The van der Waals surface area contributed by atoms with Crippen LogP contribution in [-0.2, 0) is 5.41 Å². The standard InChI is InChI=1S/C15H22N4OS/c1-15(2,3)13-12(21-19-18-13)14(20)17-11(9-16)10-7-5-4-6-8-10/h10-11H,4-8H2,1-3H3,(H,17,20). The Kier molecular flexibility index (Phi) is 4.94. The van der Waals surface area contributed by atoms with E-state index in [9.17, 15) is 10.1 Å². The zero-order valence-electron chi connectivity index (χ0n) is 12.8. The molecule has 1 unspecified atom stereocenters. The molecule has 1 heterocycles. The zero-order chi connectivity index (χ0) is 15.5. The Balaban J connectivity index is 2.10. The Morgan fingerprint density at radius 3 is 2.62 bits per heavy atom. The van der Waals surface area contributed by atoms with E-state index in [0.29, 0.717) is 10.6 Å². The van der Waals surface area contributed by atoms with Crippen molar-refractivity contribution in [2.24, 2.45) is 5.92 Å². The lowest BCUT2D eigenvalue weighted by atomic mass is 9.84. The molecule has 0 bridgehead atoms. The van der Waals surface area contributed by atoms with Gasteiger partial charge in [0, 0.05) is 5.41 Å². The Morgan fingerprint density at radius 2 is 2.05 bits per heavy atom. The molecule has 6 heteroatoms. The van der Waals surface area contributed by atoms with Crippen LogP contribution in [0.15, 0.2) is 0 Å². The number of nitrogens with one attached hydrogen (secondary N) is 1. The Hall–Kier alpha value is -1.48. The molecule has 1 saturated carbocycles. The molecular weight excluding hydrogens is 284 g/mol. The molecule has 1 N–H and O–H groups in total. The number of carbonyl (C=O) groups is 1. The molecule has 1 atom stereocenters. The van der Waals surface area contributed by atoms with Gasteiger partial charge in [0.05, 0.1) is 11.8 Å². The van der Waals surface area contributed by atoms with E-state index in [2.05, 4.69) is 21.0 Å². The summed E-state index contributed by atoms with van der Waals surface area (Å²) >= 11 is 1.10. The monoisotopic (exact) mass is 306 g/mol. The minimum atomic E-state index is -0.410. The topological polar surface area (TPSA) is 78.7 Å². The van der Waals surface area contributed by atoms with Gasteiger partial charge in [-0.3, -0.25) is 4.79 Å². The van der Waals surface area contributed by atoms with Crippen LogP contribution in [0.3, 0.4) is 0 Å². The lowest BCUT2D eigenvalue weighted by molar-refractivity contribution is 0.0930. The molecule has 1 aromatic heterocycles. The fraction of sp³-hybridized carbons (Fsp3) is 0.733. The average Bonchev–Trinajstić information content (AvgIpc) is 2.95. The minimum absolute atomic E-state index is 0.216. The summed E-state index contributed by atoms with van der Waals surface area (Å²) in [5.74, 6) is 0.0544. The molecule has 1 fully saturated rings. The fourth-order valence-electron chi connectivity index (χ4n) is 2.76. The van der Waals surface area contributed by atoms with Gasteiger partial charge in [0.2, 0.25) is 0 Å². The molecule has 0 spiro atoms. The van der Waals surface area contributed by atoms with E-state index in [0.717, 1.165) is 37.2 Å². The van der Waals surface area contributed by atoms with Gasteiger partial charge >= 0.3 is 0 Å². The van der Waals surface area contributed by atoms with E-state index < -0.39 is 6.04 Å². The summed E-state index contributed by atoms with van der Waals surface area (Å²) < 4.78 is 3.90. The maximum Gasteiger partial charge on any atom is 0.266 e. The van der Waals surface area contributed by atoms with Gasteiger partial charge in [-0.05, 0) is 30.3 Å². The fourth-order valence-corrected chi connectivity index (χ4v) is 3.54. The highest BCUT2D eigenvalue weighted by molar-refractivity contribution is 7.08. The van der Waals surface area contributed by atoms with Gasteiger partial charge in [-0.2, -0.15) is 5.26 Å². The summed E-state index contributed by atoms with van der Waals surface area (Å²) in [6, 6.07) is 1.85. The van der Waals surface area contributed by atoms with Gasteiger partial charge in [-0.15, -0.1) is 5.10 Å². The molecule has 1 amide bonds. The molecule has 0 aliphatic heterocycles. The van der Waals surface area contributed by atoms with Gasteiger partial charge < -0.3 is 5.32 Å². The molecule has 1 aromatic rings. The van der Waals surface area contributed by atoms with Crippen molar-refractivity contribution >= 4 is 17.4 Å². The summed E-state index contributed by atoms with van der Waals surface area (Å²) in [6.45, 7) is 6.01. The summed E-state index contributed by atoms with van der Waals surface area (Å²) in [7, 11) is 0. The smallest absolute Gasteiger partial charge is 0.266 e. The van der Waals surface area contributed by atoms with Gasteiger partial charge in [0.15, 0.2) is 0 Å². The summed E-state index contributed by atoms with van der Waals surface area (Å²) in [6.07, 6.45) is 5.56. The number of nitrogens with zero attached hydrogens (tertiary/aromatic N) is 3. The van der Waals surface area contributed by atoms with E-state index in [1.807, 2.05) is 20.8 Å². The number of aromatic nitrogens is 2. The maximum absolute atomic E-state index is 12.5. The average molecular weight is 306 g/mol. The normalized spacial score (nSPS) is 18.0. The third-order valence-electron chi connectivity index (χ3n) is 3.95. The van der Waals surface area contributed by atoms with E-state index >= 15 is 0 Å². The van der Waals surface area contributed by atoms with Gasteiger partial charge in [0.25, 0.3) is 5.91 Å². The summed E-state index contributed by atoms with van der Waals surface area (Å²) in [5, 5.41) is 16.3. The summed E-state index contributed by atoms with van der Waals surface area (Å²) in [4.78, 5) is 13.0. The van der Waals surface area contributed by atoms with Crippen molar-refractivity contribution in [3.05, 3.63) is 10.6 Å². The predicted molar refractivity (Wildman–Crippen MR) is 82.1 cm³/mol. The molecule has 2 rings (SSSR count). The van der Waals surface area contributed by atoms with Gasteiger partial charge in [-0.1, -0.05) is 44.5 Å². The molecule has 5 nitrogen and oxygen atoms in total. The lowest BCUT2D eigenvalue weighted by Crippen LogP contribution is -2.40. The number of rotatable bonds is 3. The van der Waals surface area contributed by atoms with Crippen LogP contribution in [0.4, 0.5) is 0 Å². The molecule has 0 saturated heterocycles. The third kappa shape index (κ3) is 3.79. The van der Waals surface area contributed by atoms with E-state index in [1.54, 1.807) is 0 Å². The first-order chi connectivity index (χ1) is 9.93.